The zero-order valence-corrected chi connectivity index (χ0v) is 13.0. The molecule has 0 saturated carbocycles. The predicted octanol–water partition coefficient (Wildman–Crippen LogP) is 2.41. The third kappa shape index (κ3) is 4.36. The number of terminal acetylenes is 1. The molecule has 106 valence electrons. The van der Waals surface area contributed by atoms with Crippen LogP contribution < -0.4 is 5.32 Å². The second-order valence-electron chi connectivity index (χ2n) is 5.10. The Balaban J connectivity index is 1.76. The number of carbonyl (C=O) groups is 1. The lowest BCUT2D eigenvalue weighted by molar-refractivity contribution is -0.126. The average Bonchev–Trinajstić information content (AvgIpc) is 2.47. The fourth-order valence-electron chi connectivity index (χ4n) is 2.42. The molecule has 0 bridgehead atoms. The van der Waals surface area contributed by atoms with E-state index in [0.717, 1.165) is 36.0 Å². The molecule has 0 aromatic heterocycles. The Hall–Kier alpha value is -1.31. The van der Waals surface area contributed by atoms with Crippen LogP contribution in [-0.4, -0.2) is 30.4 Å². The quantitative estimate of drug-likeness (QED) is 0.857. The largest absolute Gasteiger partial charge is 0.352 e. The van der Waals surface area contributed by atoms with Gasteiger partial charge in [0.25, 0.3) is 0 Å². The minimum atomic E-state index is 0.125. The third-order valence-electron chi connectivity index (χ3n) is 3.65. The molecule has 4 heteroatoms. The number of rotatable bonds is 4. The average molecular weight is 335 g/mol. The van der Waals surface area contributed by atoms with Crippen LogP contribution in [0.2, 0.25) is 0 Å². The molecule has 0 spiro atoms. The summed E-state index contributed by atoms with van der Waals surface area (Å²) in [5.41, 5.74) is 1.12. The van der Waals surface area contributed by atoms with Crippen molar-refractivity contribution >= 4 is 21.8 Å². The van der Waals surface area contributed by atoms with Crippen LogP contribution in [-0.2, 0) is 11.3 Å². The van der Waals surface area contributed by atoms with Crippen molar-refractivity contribution in [2.45, 2.75) is 19.4 Å². The first-order valence-corrected chi connectivity index (χ1v) is 7.66. The van der Waals surface area contributed by atoms with Crippen LogP contribution in [0.5, 0.6) is 0 Å². The Morgan fingerprint density at radius 1 is 1.35 bits per heavy atom. The maximum atomic E-state index is 12.1. The molecule has 0 radical (unpaired) electrons. The van der Waals surface area contributed by atoms with Gasteiger partial charge in [0.15, 0.2) is 0 Å². The number of nitrogens with one attached hydrogen (secondary N) is 1. The van der Waals surface area contributed by atoms with Crippen LogP contribution in [0.3, 0.4) is 0 Å². The van der Waals surface area contributed by atoms with Gasteiger partial charge >= 0.3 is 0 Å². The van der Waals surface area contributed by atoms with Gasteiger partial charge < -0.3 is 5.32 Å². The number of hydrogen-bond donors (Lipinski definition) is 1. The van der Waals surface area contributed by atoms with Gasteiger partial charge in [0.05, 0.1) is 6.54 Å². The summed E-state index contributed by atoms with van der Waals surface area (Å²) >= 11 is 3.40. The second kappa shape index (κ2) is 7.47. The summed E-state index contributed by atoms with van der Waals surface area (Å²) in [5, 5.41) is 3.02. The van der Waals surface area contributed by atoms with Crippen LogP contribution in [0, 0.1) is 18.3 Å². The zero-order valence-electron chi connectivity index (χ0n) is 11.4. The number of halogens is 1. The number of benzene rings is 1. The maximum absolute atomic E-state index is 12.1. The molecule has 1 aromatic rings. The van der Waals surface area contributed by atoms with Crippen LogP contribution in [0.25, 0.3) is 0 Å². The van der Waals surface area contributed by atoms with Gasteiger partial charge in [-0.3, -0.25) is 9.69 Å². The van der Waals surface area contributed by atoms with Gasteiger partial charge in [0, 0.05) is 16.9 Å². The van der Waals surface area contributed by atoms with Crippen molar-refractivity contribution in [1.29, 1.82) is 0 Å². The molecular weight excluding hydrogens is 316 g/mol. The fraction of sp³-hybridized carbons (Fsp3) is 0.438. The Kier molecular flexibility index (Phi) is 5.63. The van der Waals surface area contributed by atoms with E-state index >= 15 is 0 Å². The van der Waals surface area contributed by atoms with E-state index in [1.54, 1.807) is 0 Å². The topological polar surface area (TPSA) is 32.3 Å². The summed E-state index contributed by atoms with van der Waals surface area (Å²) in [7, 11) is 0. The smallest absolute Gasteiger partial charge is 0.223 e. The minimum absolute atomic E-state index is 0.125. The lowest BCUT2D eigenvalue weighted by Crippen LogP contribution is -2.40. The molecule has 1 amide bonds. The fourth-order valence-corrected chi connectivity index (χ4v) is 2.68. The standard InChI is InChI=1S/C16H19BrN2O/c1-2-9-19-10-7-14(8-11-19)16(20)18-12-13-3-5-15(17)6-4-13/h1,3-6,14H,7-12H2,(H,18,20). The number of piperidine rings is 1. The summed E-state index contributed by atoms with van der Waals surface area (Å²) in [5.74, 6) is 2.94. The van der Waals surface area contributed by atoms with Crippen LogP contribution in [0.1, 0.15) is 18.4 Å². The van der Waals surface area contributed by atoms with Gasteiger partial charge in [-0.05, 0) is 43.6 Å². The molecule has 1 aromatic carbocycles. The molecule has 1 aliphatic rings. The molecule has 1 fully saturated rings. The van der Waals surface area contributed by atoms with Gasteiger partial charge in [-0.1, -0.05) is 34.0 Å². The summed E-state index contributed by atoms with van der Waals surface area (Å²) in [4.78, 5) is 14.3. The Bertz CT molecular complexity index is 484. The molecule has 0 aliphatic carbocycles. The van der Waals surface area contributed by atoms with E-state index in [1.807, 2.05) is 24.3 Å². The molecule has 1 N–H and O–H groups in total. The molecule has 2 rings (SSSR count). The predicted molar refractivity (Wildman–Crippen MR) is 84.0 cm³/mol. The van der Waals surface area contributed by atoms with Crippen molar-refractivity contribution < 1.29 is 4.79 Å². The minimum Gasteiger partial charge on any atom is -0.352 e. The number of nitrogens with zero attached hydrogens (tertiary/aromatic N) is 1. The highest BCUT2D eigenvalue weighted by atomic mass is 79.9. The summed E-state index contributed by atoms with van der Waals surface area (Å²) in [6.07, 6.45) is 7.10. The van der Waals surface area contributed by atoms with Gasteiger partial charge in [0.1, 0.15) is 0 Å². The van der Waals surface area contributed by atoms with Gasteiger partial charge in [-0.15, -0.1) is 6.42 Å². The van der Waals surface area contributed by atoms with E-state index in [4.69, 9.17) is 6.42 Å². The van der Waals surface area contributed by atoms with Crippen LogP contribution in [0.4, 0.5) is 0 Å². The van der Waals surface area contributed by atoms with Crippen molar-refractivity contribution in [2.24, 2.45) is 5.92 Å². The van der Waals surface area contributed by atoms with Crippen molar-refractivity contribution in [3.05, 3.63) is 34.3 Å². The van der Waals surface area contributed by atoms with Gasteiger partial charge in [0.2, 0.25) is 5.91 Å². The molecule has 1 saturated heterocycles. The van der Waals surface area contributed by atoms with E-state index in [2.05, 4.69) is 32.1 Å². The zero-order chi connectivity index (χ0) is 14.4. The van der Waals surface area contributed by atoms with Crippen LogP contribution in [0.15, 0.2) is 28.7 Å². The lowest BCUT2D eigenvalue weighted by atomic mass is 9.96. The lowest BCUT2D eigenvalue weighted by Gasteiger charge is -2.29. The Morgan fingerprint density at radius 2 is 2.00 bits per heavy atom. The van der Waals surface area contributed by atoms with E-state index < -0.39 is 0 Å². The Morgan fingerprint density at radius 3 is 2.60 bits per heavy atom. The normalized spacial score (nSPS) is 16.6. The SMILES string of the molecule is C#CCN1CCC(C(=O)NCc2ccc(Br)cc2)CC1. The maximum Gasteiger partial charge on any atom is 0.223 e. The van der Waals surface area contributed by atoms with E-state index in [1.165, 1.54) is 0 Å². The highest BCUT2D eigenvalue weighted by Gasteiger charge is 2.24. The Labute approximate surface area is 128 Å². The first kappa shape index (κ1) is 15.1. The van der Waals surface area contributed by atoms with Crippen molar-refractivity contribution in [1.82, 2.24) is 10.2 Å². The molecule has 1 heterocycles. The van der Waals surface area contributed by atoms with E-state index in [0.29, 0.717) is 13.1 Å². The molecule has 20 heavy (non-hydrogen) atoms. The number of likely N-dealkylation sites (tertiary alicyclic amines) is 1. The monoisotopic (exact) mass is 334 g/mol. The van der Waals surface area contributed by atoms with Gasteiger partial charge in [-0.2, -0.15) is 0 Å². The molecule has 0 unspecified atom stereocenters. The summed E-state index contributed by atoms with van der Waals surface area (Å²) in [6.45, 7) is 3.12. The first-order valence-electron chi connectivity index (χ1n) is 6.87. The molecule has 0 atom stereocenters. The van der Waals surface area contributed by atoms with E-state index in [9.17, 15) is 4.79 Å². The molecule has 3 nitrogen and oxygen atoms in total. The number of hydrogen-bond acceptors (Lipinski definition) is 2. The molecular formula is C16H19BrN2O. The highest BCUT2D eigenvalue weighted by Crippen LogP contribution is 2.17. The van der Waals surface area contributed by atoms with Crippen LogP contribution >= 0.6 is 15.9 Å². The third-order valence-corrected chi connectivity index (χ3v) is 4.18. The van der Waals surface area contributed by atoms with Crippen molar-refractivity contribution in [3.63, 3.8) is 0 Å². The van der Waals surface area contributed by atoms with Crippen molar-refractivity contribution in [3.8, 4) is 12.3 Å². The number of amides is 1. The summed E-state index contributed by atoms with van der Waals surface area (Å²) in [6, 6.07) is 8.00. The summed E-state index contributed by atoms with van der Waals surface area (Å²) < 4.78 is 1.05. The van der Waals surface area contributed by atoms with Gasteiger partial charge in [-0.25, -0.2) is 0 Å². The number of carbonyl (C=O) groups excluding carboxylic acids is 1. The van der Waals surface area contributed by atoms with Crippen molar-refractivity contribution in [2.75, 3.05) is 19.6 Å². The highest BCUT2D eigenvalue weighted by molar-refractivity contribution is 9.10. The van der Waals surface area contributed by atoms with E-state index in [-0.39, 0.29) is 11.8 Å². The first-order chi connectivity index (χ1) is 9.69. The second-order valence-corrected chi connectivity index (χ2v) is 6.01. The molecule has 1 aliphatic heterocycles.